The average Bonchev–Trinajstić information content (AvgIpc) is 3.32. The van der Waals surface area contributed by atoms with Gasteiger partial charge in [0.25, 0.3) is 0 Å². The van der Waals surface area contributed by atoms with Gasteiger partial charge in [-0.15, -0.1) is 0 Å². The van der Waals surface area contributed by atoms with Crippen molar-refractivity contribution in [3.63, 3.8) is 0 Å². The average molecular weight is 433 g/mol. The van der Waals surface area contributed by atoms with E-state index in [1.807, 2.05) is 82.3 Å². The summed E-state index contributed by atoms with van der Waals surface area (Å²) < 4.78 is 17.9. The van der Waals surface area contributed by atoms with Crippen molar-refractivity contribution >= 4 is 30.2 Å². The molecule has 0 atom stereocenters. The number of amides is 1. The zero-order valence-corrected chi connectivity index (χ0v) is 18.8. The van der Waals surface area contributed by atoms with E-state index >= 15 is 0 Å². The van der Waals surface area contributed by atoms with Gasteiger partial charge in [-0.25, -0.2) is 4.79 Å². The lowest BCUT2D eigenvalue weighted by Gasteiger charge is -2.32. The van der Waals surface area contributed by atoms with Crippen LogP contribution >= 0.6 is 0 Å². The molecule has 3 aromatic rings. The molecule has 0 spiro atoms. The number of aromatic amines is 1. The third kappa shape index (κ3) is 4.71. The minimum absolute atomic E-state index is 0.205. The summed E-state index contributed by atoms with van der Waals surface area (Å²) in [6.45, 7) is 8.44. The molecule has 8 heteroatoms. The molecule has 0 unspecified atom stereocenters. The molecule has 4 rings (SSSR count). The highest BCUT2D eigenvalue weighted by atomic mass is 16.7. The number of hydrogen-bond acceptors (Lipinski definition) is 5. The van der Waals surface area contributed by atoms with Crippen LogP contribution in [0.15, 0.2) is 60.2 Å². The summed E-state index contributed by atoms with van der Waals surface area (Å²) in [6, 6.07) is 15.5. The molecule has 0 saturated carbocycles. The van der Waals surface area contributed by atoms with Gasteiger partial charge in [-0.2, -0.15) is 5.10 Å². The predicted octanol–water partition coefficient (Wildman–Crippen LogP) is 4.50. The molecule has 0 aliphatic carbocycles. The van der Waals surface area contributed by atoms with Crippen LogP contribution in [-0.2, 0) is 20.7 Å². The van der Waals surface area contributed by atoms with Crippen molar-refractivity contribution in [3.8, 4) is 0 Å². The first-order valence-corrected chi connectivity index (χ1v) is 10.7. The summed E-state index contributed by atoms with van der Waals surface area (Å²) in [5, 5.41) is 10.9. The summed E-state index contributed by atoms with van der Waals surface area (Å²) in [6.07, 6.45) is 3.26. The number of H-pyrrole nitrogens is 1. The van der Waals surface area contributed by atoms with E-state index in [-0.39, 0.29) is 13.2 Å². The number of ether oxygens (including phenoxy) is 1. The first-order chi connectivity index (χ1) is 15.2. The molecule has 1 amide bonds. The zero-order valence-electron chi connectivity index (χ0n) is 18.8. The largest absolute Gasteiger partial charge is 0.492 e. The Morgan fingerprint density at radius 3 is 2.53 bits per heavy atom. The first-order valence-electron chi connectivity index (χ1n) is 10.7. The molecule has 1 aliphatic rings. The number of nitrogens with zero attached hydrogens (tertiary/aromatic N) is 1. The molecule has 0 bridgehead atoms. The Hall–Kier alpha value is -3.10. The van der Waals surface area contributed by atoms with Crippen molar-refractivity contribution in [2.45, 2.75) is 45.5 Å². The molecule has 2 N–H and O–H groups in total. The normalized spacial score (nSPS) is 17.5. The van der Waals surface area contributed by atoms with E-state index in [4.69, 9.17) is 14.0 Å². The highest BCUT2D eigenvalue weighted by molar-refractivity contribution is 6.56. The van der Waals surface area contributed by atoms with Gasteiger partial charge >= 0.3 is 13.2 Å². The number of carbonyl (C=O) groups excluding carboxylic acids is 1. The lowest BCUT2D eigenvalue weighted by atomic mass is 9.76. The summed E-state index contributed by atoms with van der Waals surface area (Å²) in [5.74, 6) is 0. The number of nitrogens with one attached hydrogen (secondary N) is 2. The van der Waals surface area contributed by atoms with E-state index in [2.05, 4.69) is 15.5 Å². The fourth-order valence-corrected chi connectivity index (χ4v) is 3.46. The smallest absolute Gasteiger partial charge is 0.445 e. The van der Waals surface area contributed by atoms with Gasteiger partial charge in [-0.1, -0.05) is 48.5 Å². The van der Waals surface area contributed by atoms with E-state index in [9.17, 15) is 4.79 Å². The van der Waals surface area contributed by atoms with Crippen molar-refractivity contribution in [1.82, 2.24) is 15.5 Å². The Bertz CT molecular complexity index is 1110. The predicted molar refractivity (Wildman–Crippen MR) is 125 cm³/mol. The van der Waals surface area contributed by atoms with E-state index in [1.165, 1.54) is 0 Å². The standard InChI is InChI=1S/C24H28BN3O4/c1-23(2)24(3,4)32-25(31-23)19(13-18-11-8-12-21-20(18)15-27-28-21)14-26-22(29)30-16-17-9-6-5-7-10-17/h5-13,15H,14,16H2,1-4H3,(H,26,29)(H,27,28). The van der Waals surface area contributed by atoms with Crippen LogP contribution in [0.2, 0.25) is 0 Å². The fourth-order valence-electron chi connectivity index (χ4n) is 3.46. The number of aromatic nitrogens is 2. The van der Waals surface area contributed by atoms with Crippen LogP contribution < -0.4 is 5.32 Å². The monoisotopic (exact) mass is 433 g/mol. The summed E-state index contributed by atoms with van der Waals surface area (Å²) in [5.41, 5.74) is 2.62. The van der Waals surface area contributed by atoms with Crippen LogP contribution in [0.5, 0.6) is 0 Å². The second kappa shape index (κ2) is 8.80. The first kappa shape index (κ1) is 22.1. The van der Waals surface area contributed by atoms with E-state index in [1.54, 1.807) is 6.20 Å². The Morgan fingerprint density at radius 1 is 1.09 bits per heavy atom. The molecule has 166 valence electrons. The Kier molecular flexibility index (Phi) is 6.08. The quantitative estimate of drug-likeness (QED) is 0.559. The number of hydrogen-bond donors (Lipinski definition) is 2. The van der Waals surface area contributed by atoms with Crippen LogP contribution in [0.4, 0.5) is 4.79 Å². The van der Waals surface area contributed by atoms with Gasteiger partial charge < -0.3 is 19.4 Å². The van der Waals surface area contributed by atoms with Gasteiger partial charge in [0.2, 0.25) is 0 Å². The van der Waals surface area contributed by atoms with Crippen LogP contribution in [0.25, 0.3) is 17.0 Å². The molecule has 32 heavy (non-hydrogen) atoms. The van der Waals surface area contributed by atoms with Crippen LogP contribution in [-0.4, -0.2) is 41.2 Å². The van der Waals surface area contributed by atoms with Gasteiger partial charge in [-0.3, -0.25) is 5.10 Å². The summed E-state index contributed by atoms with van der Waals surface area (Å²) >= 11 is 0. The lowest BCUT2D eigenvalue weighted by molar-refractivity contribution is 0.00578. The van der Waals surface area contributed by atoms with Crippen molar-refractivity contribution in [3.05, 3.63) is 71.3 Å². The molecule has 2 heterocycles. The number of fused-ring (bicyclic) bond motifs is 1. The molecule has 1 saturated heterocycles. The maximum Gasteiger partial charge on any atom is 0.492 e. The number of carbonyl (C=O) groups is 1. The SMILES string of the molecule is CC1(C)OB(C(=Cc2cccc3[nH]ncc23)CNC(=O)OCc2ccccc2)OC1(C)C. The lowest BCUT2D eigenvalue weighted by Crippen LogP contribution is -2.41. The Labute approximate surface area is 188 Å². The van der Waals surface area contributed by atoms with Crippen molar-refractivity contribution in [2.75, 3.05) is 6.54 Å². The molecule has 2 aromatic carbocycles. The summed E-state index contributed by atoms with van der Waals surface area (Å²) in [7, 11) is -0.600. The highest BCUT2D eigenvalue weighted by Gasteiger charge is 2.52. The molecule has 1 aliphatic heterocycles. The maximum atomic E-state index is 12.4. The Balaban J connectivity index is 1.53. The van der Waals surface area contributed by atoms with Crippen molar-refractivity contribution < 1.29 is 18.8 Å². The summed E-state index contributed by atoms with van der Waals surface area (Å²) in [4.78, 5) is 12.4. The van der Waals surface area contributed by atoms with Gasteiger partial charge in [0, 0.05) is 11.9 Å². The number of alkyl carbamates (subject to hydrolysis) is 1. The van der Waals surface area contributed by atoms with Gasteiger partial charge in [0.05, 0.1) is 22.9 Å². The van der Waals surface area contributed by atoms with E-state index < -0.39 is 24.4 Å². The second-order valence-electron chi connectivity index (χ2n) is 8.90. The van der Waals surface area contributed by atoms with Gasteiger partial charge in [0.15, 0.2) is 0 Å². The molecular weight excluding hydrogens is 405 g/mol. The van der Waals surface area contributed by atoms with Crippen molar-refractivity contribution in [1.29, 1.82) is 0 Å². The molecule has 0 radical (unpaired) electrons. The molecular formula is C24H28BN3O4. The fraction of sp³-hybridized carbons (Fsp3) is 0.333. The topological polar surface area (TPSA) is 85.5 Å². The van der Waals surface area contributed by atoms with Crippen LogP contribution in [0, 0.1) is 0 Å². The van der Waals surface area contributed by atoms with Crippen LogP contribution in [0.1, 0.15) is 38.8 Å². The molecule has 7 nitrogen and oxygen atoms in total. The third-order valence-corrected chi connectivity index (χ3v) is 6.06. The van der Waals surface area contributed by atoms with Gasteiger partial charge in [-0.05, 0) is 50.4 Å². The van der Waals surface area contributed by atoms with Gasteiger partial charge in [0.1, 0.15) is 6.61 Å². The number of rotatable bonds is 6. The third-order valence-electron chi connectivity index (χ3n) is 6.06. The zero-order chi connectivity index (χ0) is 22.8. The van der Waals surface area contributed by atoms with E-state index in [0.717, 1.165) is 27.5 Å². The minimum atomic E-state index is -0.600. The Morgan fingerprint density at radius 2 is 1.81 bits per heavy atom. The molecule has 1 aromatic heterocycles. The number of benzene rings is 2. The highest BCUT2D eigenvalue weighted by Crippen LogP contribution is 2.39. The maximum absolute atomic E-state index is 12.4. The van der Waals surface area contributed by atoms with E-state index in [0.29, 0.717) is 0 Å². The minimum Gasteiger partial charge on any atom is -0.445 e. The molecule has 1 fully saturated rings. The second-order valence-corrected chi connectivity index (χ2v) is 8.90. The van der Waals surface area contributed by atoms with Crippen LogP contribution in [0.3, 0.4) is 0 Å². The van der Waals surface area contributed by atoms with Crippen molar-refractivity contribution in [2.24, 2.45) is 0 Å².